The number of ketones is 1. The molecule has 0 aliphatic heterocycles. The smallest absolute Gasteiger partial charge is 0.407 e. The first-order valence-corrected chi connectivity index (χ1v) is 23.8. The van der Waals surface area contributed by atoms with Gasteiger partial charge in [-0.25, -0.2) is 9.48 Å². The number of benzene rings is 3. The second-order valence-corrected chi connectivity index (χ2v) is 18.6. The lowest BCUT2D eigenvalue weighted by Crippen LogP contribution is -2.33. The topological polar surface area (TPSA) is 249 Å². The van der Waals surface area contributed by atoms with Gasteiger partial charge in [0.25, 0.3) is 11.8 Å². The number of aromatic hydroxyl groups is 1. The van der Waals surface area contributed by atoms with E-state index >= 15 is 0 Å². The molecule has 1 aromatic heterocycles. The van der Waals surface area contributed by atoms with E-state index in [1.54, 1.807) is 69.3 Å². The Balaban J connectivity index is 0.827. The Morgan fingerprint density at radius 3 is 2.00 bits per heavy atom. The van der Waals surface area contributed by atoms with Crippen LogP contribution in [0.2, 0.25) is 0 Å². The average molecular weight is 971 g/mol. The zero-order valence-corrected chi connectivity index (χ0v) is 41.4. The molecule has 0 radical (unpaired) electrons. The standard InChI is InChI=1S/C51H70N8O11/c1-35-46-43(33-51(5,6)34-45(46)61)59(58-35)39-14-15-40(47(52)62)41(32-39)53-18-7-21-65-23-25-67-27-29-69-30-28-68-26-24-66-22-8-19-54-48(63)37-10-12-38(13-11-37)56-57-42-31-36(9-16-44(42)60)17-20-55-49(64)70-50(2,3)4/h9-16,31-32,53,60H,7-8,17-30,33-34H2,1-6H3,(H2,52,62)(H,54,63)(H,55,64). The van der Waals surface area contributed by atoms with Crippen molar-refractivity contribution in [1.82, 2.24) is 20.4 Å². The summed E-state index contributed by atoms with van der Waals surface area (Å²) in [6.45, 7) is 17.2. The fourth-order valence-corrected chi connectivity index (χ4v) is 7.45. The molecule has 1 aliphatic carbocycles. The number of ether oxygens (including phenoxy) is 6. The van der Waals surface area contributed by atoms with E-state index in [4.69, 9.17) is 39.3 Å². The van der Waals surface area contributed by atoms with Crippen LogP contribution in [0.1, 0.15) is 102 Å². The predicted octanol–water partition coefficient (Wildman–Crippen LogP) is 7.33. The first kappa shape index (κ1) is 54.7. The number of nitrogens with one attached hydrogen (secondary N) is 3. The molecule has 0 atom stereocenters. The molecule has 3 aromatic carbocycles. The quantitative estimate of drug-likeness (QED) is 0.0265. The number of Topliss-reactive ketones (excluding diaryl/α,β-unsaturated/α-hetero) is 1. The lowest BCUT2D eigenvalue weighted by molar-refractivity contribution is -0.0111. The van der Waals surface area contributed by atoms with Crippen molar-refractivity contribution < 1.29 is 52.7 Å². The van der Waals surface area contributed by atoms with Crippen molar-refractivity contribution >= 4 is 40.8 Å². The van der Waals surface area contributed by atoms with Gasteiger partial charge in [-0.3, -0.25) is 14.4 Å². The van der Waals surface area contributed by atoms with Gasteiger partial charge in [-0.1, -0.05) is 19.9 Å². The molecule has 0 spiro atoms. The number of fused-ring (bicyclic) bond motifs is 1. The number of phenols is 1. The minimum absolute atomic E-state index is 0.0300. The molecule has 0 bridgehead atoms. The van der Waals surface area contributed by atoms with Crippen molar-refractivity contribution in [1.29, 1.82) is 0 Å². The van der Waals surface area contributed by atoms with Gasteiger partial charge in [-0.05, 0) is 119 Å². The van der Waals surface area contributed by atoms with Gasteiger partial charge in [0.05, 0.1) is 86.7 Å². The number of carbonyl (C=O) groups is 4. The maximum absolute atomic E-state index is 12.9. The first-order valence-electron chi connectivity index (χ1n) is 23.8. The Bertz CT molecular complexity index is 2380. The van der Waals surface area contributed by atoms with E-state index < -0.39 is 17.6 Å². The molecule has 0 fully saturated rings. The average Bonchev–Trinajstić information content (AvgIpc) is 3.63. The van der Waals surface area contributed by atoms with Crippen molar-refractivity contribution in [2.75, 3.05) is 91.0 Å². The highest BCUT2D eigenvalue weighted by Gasteiger charge is 2.36. The molecule has 1 aliphatic rings. The highest BCUT2D eigenvalue weighted by molar-refractivity contribution is 6.00. The number of aryl methyl sites for hydroxylation is 1. The number of hydrogen-bond acceptors (Lipinski definition) is 15. The molecule has 3 amide bonds. The minimum atomic E-state index is -0.582. The van der Waals surface area contributed by atoms with Gasteiger partial charge in [0.2, 0.25) is 0 Å². The molecule has 19 nitrogen and oxygen atoms in total. The monoisotopic (exact) mass is 971 g/mol. The second kappa shape index (κ2) is 27.2. The summed E-state index contributed by atoms with van der Waals surface area (Å²) in [7, 11) is 0. The van der Waals surface area contributed by atoms with Crippen LogP contribution in [0.25, 0.3) is 5.69 Å². The number of rotatable bonds is 29. The summed E-state index contributed by atoms with van der Waals surface area (Å²) in [5.41, 5.74) is 11.1. The van der Waals surface area contributed by atoms with Gasteiger partial charge in [0.15, 0.2) is 5.78 Å². The summed E-state index contributed by atoms with van der Waals surface area (Å²) < 4.78 is 35.1. The molecule has 5 rings (SSSR count). The predicted molar refractivity (Wildman–Crippen MR) is 264 cm³/mol. The Kier molecular flexibility index (Phi) is 21.3. The molecule has 19 heteroatoms. The third-order valence-electron chi connectivity index (χ3n) is 10.8. The van der Waals surface area contributed by atoms with E-state index in [1.165, 1.54) is 6.07 Å². The van der Waals surface area contributed by atoms with Gasteiger partial charge in [-0.15, -0.1) is 5.11 Å². The van der Waals surface area contributed by atoms with Gasteiger partial charge in [-0.2, -0.15) is 10.2 Å². The zero-order chi connectivity index (χ0) is 50.5. The highest BCUT2D eigenvalue weighted by atomic mass is 16.6. The fraction of sp³-hybridized carbons (Fsp3) is 0.510. The van der Waals surface area contributed by atoms with Crippen molar-refractivity contribution in [3.8, 4) is 11.4 Å². The number of primary amides is 1. The van der Waals surface area contributed by atoms with Gasteiger partial charge >= 0.3 is 6.09 Å². The number of nitrogens with two attached hydrogens (primary N) is 1. The molecular weight excluding hydrogens is 901 g/mol. The molecule has 1 heterocycles. The van der Waals surface area contributed by atoms with E-state index in [0.29, 0.717) is 145 Å². The van der Waals surface area contributed by atoms with E-state index in [0.717, 1.165) is 23.4 Å². The highest BCUT2D eigenvalue weighted by Crippen LogP contribution is 2.37. The fourth-order valence-electron chi connectivity index (χ4n) is 7.45. The van der Waals surface area contributed by atoms with Crippen molar-refractivity contribution in [3.63, 3.8) is 0 Å². The largest absolute Gasteiger partial charge is 0.506 e. The Labute approximate surface area is 410 Å². The molecule has 380 valence electrons. The molecule has 4 aromatic rings. The summed E-state index contributed by atoms with van der Waals surface area (Å²) in [6.07, 6.45) is 2.55. The van der Waals surface area contributed by atoms with Crippen LogP contribution in [0, 0.1) is 12.3 Å². The number of phenolic OH excluding ortho intramolecular Hbond substituents is 1. The minimum Gasteiger partial charge on any atom is -0.506 e. The number of anilines is 1. The van der Waals surface area contributed by atoms with Crippen LogP contribution >= 0.6 is 0 Å². The molecule has 0 saturated heterocycles. The Morgan fingerprint density at radius 1 is 0.771 bits per heavy atom. The SMILES string of the molecule is Cc1nn(-c2ccc(C(N)=O)c(NCCCOCCOCCOCCOCCOCCCNC(=O)c3ccc(N=Nc4cc(CCNC(=O)OC(C)(C)C)ccc4O)cc3)c2)c2c1C(=O)CC(C)(C)C2. The maximum Gasteiger partial charge on any atom is 0.407 e. The van der Waals surface area contributed by atoms with E-state index in [-0.39, 0.29) is 28.5 Å². The van der Waals surface area contributed by atoms with Crippen molar-refractivity contribution in [2.24, 2.45) is 21.4 Å². The van der Waals surface area contributed by atoms with Crippen LogP contribution in [-0.4, -0.2) is 130 Å². The van der Waals surface area contributed by atoms with Crippen LogP contribution in [0.15, 0.2) is 70.9 Å². The van der Waals surface area contributed by atoms with E-state index in [9.17, 15) is 24.3 Å². The number of amides is 3. The lowest BCUT2D eigenvalue weighted by atomic mass is 9.75. The molecule has 70 heavy (non-hydrogen) atoms. The number of carbonyl (C=O) groups excluding carboxylic acids is 4. The third-order valence-corrected chi connectivity index (χ3v) is 10.8. The van der Waals surface area contributed by atoms with Crippen LogP contribution in [0.4, 0.5) is 21.9 Å². The summed E-state index contributed by atoms with van der Waals surface area (Å²) in [6, 6.07) is 17.0. The van der Waals surface area contributed by atoms with Gasteiger partial charge < -0.3 is 55.2 Å². The Morgan fingerprint density at radius 2 is 1.39 bits per heavy atom. The van der Waals surface area contributed by atoms with Crippen LogP contribution in [0.3, 0.4) is 0 Å². The number of azo groups is 1. The normalized spacial score (nSPS) is 13.3. The van der Waals surface area contributed by atoms with Crippen LogP contribution in [-0.2, 0) is 41.3 Å². The number of nitrogens with zero attached hydrogens (tertiary/aromatic N) is 4. The van der Waals surface area contributed by atoms with E-state index in [2.05, 4.69) is 40.0 Å². The summed E-state index contributed by atoms with van der Waals surface area (Å²) in [5.74, 6) is -0.677. The van der Waals surface area contributed by atoms with Crippen molar-refractivity contribution in [2.45, 2.75) is 79.2 Å². The van der Waals surface area contributed by atoms with Crippen molar-refractivity contribution in [3.05, 3.63) is 94.3 Å². The van der Waals surface area contributed by atoms with E-state index in [1.807, 2.05) is 17.7 Å². The second-order valence-electron chi connectivity index (χ2n) is 18.6. The zero-order valence-electron chi connectivity index (χ0n) is 41.4. The number of alkyl carbamates (subject to hydrolysis) is 1. The molecule has 0 unspecified atom stereocenters. The third kappa shape index (κ3) is 18.2. The molecule has 6 N–H and O–H groups in total. The van der Waals surface area contributed by atoms with Crippen LogP contribution < -0.4 is 21.7 Å². The molecule has 0 saturated carbocycles. The van der Waals surface area contributed by atoms with Gasteiger partial charge in [0.1, 0.15) is 17.0 Å². The van der Waals surface area contributed by atoms with Gasteiger partial charge in [0, 0.05) is 50.5 Å². The summed E-state index contributed by atoms with van der Waals surface area (Å²) in [4.78, 5) is 49.6. The number of aromatic nitrogens is 2. The lowest BCUT2D eigenvalue weighted by Gasteiger charge is -2.29. The van der Waals surface area contributed by atoms with Crippen LogP contribution in [0.5, 0.6) is 5.75 Å². The number of hydrogen-bond donors (Lipinski definition) is 5. The maximum atomic E-state index is 12.9. The summed E-state index contributed by atoms with van der Waals surface area (Å²) in [5, 5.41) is 32.2. The first-order chi connectivity index (χ1) is 33.5. The Hall–Kier alpha value is -6.25. The molecular formula is C51H70N8O11. The summed E-state index contributed by atoms with van der Waals surface area (Å²) >= 11 is 0.